The van der Waals surface area contributed by atoms with Crippen LogP contribution in [-0.2, 0) is 14.8 Å². The van der Waals surface area contributed by atoms with Crippen molar-refractivity contribution in [3.8, 4) is 0 Å². The highest BCUT2D eigenvalue weighted by Crippen LogP contribution is 2.23. The highest BCUT2D eigenvalue weighted by Gasteiger charge is 2.25. The first-order chi connectivity index (χ1) is 10.8. The molecule has 122 valence electrons. The number of carbonyl (C=O) groups excluding carboxylic acids is 1. The number of rotatable bonds is 5. The van der Waals surface area contributed by atoms with Crippen LogP contribution in [0.1, 0.15) is 5.56 Å². The molecule has 0 radical (unpaired) electrons. The minimum Gasteiger partial charge on any atom is -0.325 e. The van der Waals surface area contributed by atoms with Gasteiger partial charge < -0.3 is 5.32 Å². The van der Waals surface area contributed by atoms with Crippen LogP contribution in [0.25, 0.3) is 0 Å². The molecule has 1 amide bonds. The Hall–Kier alpha value is -1.89. The maximum atomic E-state index is 12.4. The number of benzene rings is 2. The van der Waals surface area contributed by atoms with Crippen molar-refractivity contribution in [2.24, 2.45) is 0 Å². The lowest BCUT2D eigenvalue weighted by Crippen LogP contribution is -2.35. The summed E-state index contributed by atoms with van der Waals surface area (Å²) in [6.45, 7) is 1.64. The number of aryl methyl sites for hydroxylation is 1. The largest absolute Gasteiger partial charge is 0.325 e. The van der Waals surface area contributed by atoms with E-state index < -0.39 is 15.9 Å². The molecule has 23 heavy (non-hydrogen) atoms. The summed E-state index contributed by atoms with van der Waals surface area (Å²) in [6, 6.07) is 13.4. The van der Waals surface area contributed by atoms with Crippen LogP contribution >= 0.6 is 11.6 Å². The third-order valence-electron chi connectivity index (χ3n) is 3.23. The number of hydrogen-bond acceptors (Lipinski definition) is 3. The zero-order valence-corrected chi connectivity index (χ0v) is 14.4. The number of likely N-dealkylation sites (N-methyl/N-ethyl adjacent to an activating group) is 1. The number of nitrogens with zero attached hydrogens (tertiary/aromatic N) is 1. The lowest BCUT2D eigenvalue weighted by atomic mass is 10.2. The second-order valence-corrected chi connectivity index (χ2v) is 7.53. The van der Waals surface area contributed by atoms with E-state index >= 15 is 0 Å². The van der Waals surface area contributed by atoms with E-state index in [1.165, 1.54) is 19.2 Å². The first kappa shape index (κ1) is 17.5. The van der Waals surface area contributed by atoms with Gasteiger partial charge in [0.15, 0.2) is 0 Å². The van der Waals surface area contributed by atoms with Gasteiger partial charge in [0.2, 0.25) is 15.9 Å². The minimum atomic E-state index is -3.82. The normalized spacial score (nSPS) is 11.5. The smallest absolute Gasteiger partial charge is 0.244 e. The Kier molecular flexibility index (Phi) is 5.41. The summed E-state index contributed by atoms with van der Waals surface area (Å²) < 4.78 is 25.9. The second kappa shape index (κ2) is 7.12. The minimum absolute atomic E-state index is 0.0210. The van der Waals surface area contributed by atoms with Gasteiger partial charge in [-0.25, -0.2) is 8.42 Å². The fraction of sp³-hybridized carbons (Fsp3) is 0.188. The van der Waals surface area contributed by atoms with Crippen molar-refractivity contribution < 1.29 is 13.2 Å². The van der Waals surface area contributed by atoms with Crippen LogP contribution < -0.4 is 5.32 Å². The molecule has 0 atom stereocenters. The molecule has 5 nitrogen and oxygen atoms in total. The van der Waals surface area contributed by atoms with Gasteiger partial charge in [-0.05, 0) is 31.2 Å². The first-order valence-electron chi connectivity index (χ1n) is 6.88. The Morgan fingerprint density at radius 2 is 1.74 bits per heavy atom. The van der Waals surface area contributed by atoms with Gasteiger partial charge in [0.1, 0.15) is 4.90 Å². The van der Waals surface area contributed by atoms with Crippen molar-refractivity contribution in [3.05, 3.63) is 59.1 Å². The highest BCUT2D eigenvalue weighted by atomic mass is 35.5. The summed E-state index contributed by atoms with van der Waals surface area (Å²) in [5, 5.41) is 2.78. The predicted molar refractivity (Wildman–Crippen MR) is 91.1 cm³/mol. The molecule has 0 aliphatic rings. The topological polar surface area (TPSA) is 66.5 Å². The Balaban J connectivity index is 2.08. The summed E-state index contributed by atoms with van der Waals surface area (Å²) in [5.41, 5.74) is 1.69. The zero-order valence-electron chi connectivity index (χ0n) is 12.8. The van der Waals surface area contributed by atoms with Gasteiger partial charge in [0.25, 0.3) is 0 Å². The lowest BCUT2D eigenvalue weighted by Gasteiger charge is -2.17. The number of anilines is 1. The highest BCUT2D eigenvalue weighted by molar-refractivity contribution is 7.89. The molecule has 2 rings (SSSR count). The van der Waals surface area contributed by atoms with E-state index in [4.69, 9.17) is 11.6 Å². The molecule has 0 spiro atoms. The fourth-order valence-electron chi connectivity index (χ4n) is 1.95. The van der Waals surface area contributed by atoms with Crippen molar-refractivity contribution in [2.45, 2.75) is 11.8 Å². The molecule has 0 unspecified atom stereocenters. The van der Waals surface area contributed by atoms with Crippen LogP contribution in [0.3, 0.4) is 0 Å². The summed E-state index contributed by atoms with van der Waals surface area (Å²) in [4.78, 5) is 12.0. The molecular weight excluding hydrogens is 336 g/mol. The molecule has 1 N–H and O–H groups in total. The molecule has 0 heterocycles. The van der Waals surface area contributed by atoms with E-state index in [0.717, 1.165) is 9.87 Å². The maximum Gasteiger partial charge on any atom is 0.244 e. The first-order valence-corrected chi connectivity index (χ1v) is 8.70. The van der Waals surface area contributed by atoms with E-state index in [0.29, 0.717) is 5.69 Å². The molecule has 0 aliphatic heterocycles. The van der Waals surface area contributed by atoms with Crippen molar-refractivity contribution >= 4 is 33.2 Å². The van der Waals surface area contributed by atoms with Gasteiger partial charge >= 0.3 is 0 Å². The number of hydrogen-bond donors (Lipinski definition) is 1. The molecule has 2 aromatic rings. The molecule has 0 saturated carbocycles. The van der Waals surface area contributed by atoms with E-state index in [1.807, 2.05) is 19.1 Å². The van der Waals surface area contributed by atoms with Crippen LogP contribution in [-0.4, -0.2) is 32.2 Å². The predicted octanol–water partition coefficient (Wildman–Crippen LogP) is 2.91. The summed E-state index contributed by atoms with van der Waals surface area (Å²) >= 11 is 5.93. The standard InChI is InChI=1S/C16H17ClN2O3S/c1-12-7-9-13(10-8-12)18-16(20)11-19(2)23(21,22)15-6-4-3-5-14(15)17/h3-10H,11H2,1-2H3,(H,18,20). The Bertz CT molecular complexity index is 804. The number of halogens is 1. The molecule has 0 fully saturated rings. The Labute approximate surface area is 140 Å². The third kappa shape index (κ3) is 4.31. The summed E-state index contributed by atoms with van der Waals surface area (Å²) in [5.74, 6) is -0.424. The van der Waals surface area contributed by atoms with E-state index in [2.05, 4.69) is 5.32 Å². The Morgan fingerprint density at radius 3 is 2.35 bits per heavy atom. The summed E-state index contributed by atoms with van der Waals surface area (Å²) in [6.07, 6.45) is 0. The van der Waals surface area contributed by atoms with Crippen LogP contribution in [0, 0.1) is 6.92 Å². The summed E-state index contributed by atoms with van der Waals surface area (Å²) in [7, 11) is -2.48. The number of sulfonamides is 1. The van der Waals surface area contributed by atoms with Crippen molar-refractivity contribution in [1.29, 1.82) is 0 Å². The van der Waals surface area contributed by atoms with E-state index in [1.54, 1.807) is 24.3 Å². The second-order valence-electron chi connectivity index (χ2n) is 5.11. The van der Waals surface area contributed by atoms with Crippen molar-refractivity contribution in [2.75, 3.05) is 18.9 Å². The molecule has 0 saturated heterocycles. The maximum absolute atomic E-state index is 12.4. The van der Waals surface area contributed by atoms with E-state index in [-0.39, 0.29) is 16.5 Å². The third-order valence-corrected chi connectivity index (χ3v) is 5.53. The average Bonchev–Trinajstić information content (AvgIpc) is 2.49. The number of carbonyl (C=O) groups is 1. The van der Waals surface area contributed by atoms with Gasteiger partial charge in [0, 0.05) is 12.7 Å². The SMILES string of the molecule is Cc1ccc(NC(=O)CN(C)S(=O)(=O)c2ccccc2Cl)cc1. The average molecular weight is 353 g/mol. The zero-order chi connectivity index (χ0) is 17.0. The Morgan fingerprint density at radius 1 is 1.13 bits per heavy atom. The fourth-order valence-corrected chi connectivity index (χ4v) is 3.56. The lowest BCUT2D eigenvalue weighted by molar-refractivity contribution is -0.116. The van der Waals surface area contributed by atoms with Gasteiger partial charge in [-0.3, -0.25) is 4.79 Å². The molecular formula is C16H17ClN2O3S. The monoisotopic (exact) mass is 352 g/mol. The number of amides is 1. The molecule has 0 aromatic heterocycles. The van der Waals surface area contributed by atoms with Gasteiger partial charge in [-0.15, -0.1) is 0 Å². The van der Waals surface area contributed by atoms with Gasteiger partial charge in [-0.2, -0.15) is 4.31 Å². The van der Waals surface area contributed by atoms with Crippen LogP contribution in [0.4, 0.5) is 5.69 Å². The van der Waals surface area contributed by atoms with Crippen molar-refractivity contribution in [1.82, 2.24) is 4.31 Å². The molecule has 7 heteroatoms. The van der Waals surface area contributed by atoms with E-state index in [9.17, 15) is 13.2 Å². The number of nitrogens with one attached hydrogen (secondary N) is 1. The van der Waals surface area contributed by atoms with Crippen LogP contribution in [0.15, 0.2) is 53.4 Å². The quantitative estimate of drug-likeness (QED) is 0.899. The molecule has 2 aromatic carbocycles. The molecule has 0 aliphatic carbocycles. The van der Waals surface area contributed by atoms with Crippen LogP contribution in [0.2, 0.25) is 5.02 Å². The molecule has 0 bridgehead atoms. The van der Waals surface area contributed by atoms with Gasteiger partial charge in [0.05, 0.1) is 11.6 Å². The van der Waals surface area contributed by atoms with Gasteiger partial charge in [-0.1, -0.05) is 41.4 Å². The van der Waals surface area contributed by atoms with Crippen LogP contribution in [0.5, 0.6) is 0 Å². The van der Waals surface area contributed by atoms with Crippen molar-refractivity contribution in [3.63, 3.8) is 0 Å².